The van der Waals surface area contributed by atoms with Gasteiger partial charge in [0.15, 0.2) is 11.3 Å². The number of pyridine rings is 1. The molecule has 0 spiro atoms. The highest BCUT2D eigenvalue weighted by atomic mass is 32.2. The molecule has 168 valence electrons. The van der Waals surface area contributed by atoms with Gasteiger partial charge in [0.2, 0.25) is 0 Å². The lowest BCUT2D eigenvalue weighted by Gasteiger charge is -2.29. The minimum absolute atomic E-state index is 0.179. The number of anilines is 1. The largest absolute Gasteiger partial charge is 0.397 e. The van der Waals surface area contributed by atoms with Crippen LogP contribution in [-0.2, 0) is 21.8 Å². The maximum absolute atomic E-state index is 13.6. The van der Waals surface area contributed by atoms with Gasteiger partial charge in [-0.1, -0.05) is 17.7 Å². The highest BCUT2D eigenvalue weighted by molar-refractivity contribution is 7.90. The lowest BCUT2D eigenvalue weighted by Crippen LogP contribution is -2.36. The van der Waals surface area contributed by atoms with Crippen molar-refractivity contribution in [1.82, 2.24) is 18.5 Å². The predicted molar refractivity (Wildman–Crippen MR) is 125 cm³/mol. The van der Waals surface area contributed by atoms with Gasteiger partial charge in [0.1, 0.15) is 0 Å². The smallest absolute Gasteiger partial charge is 0.338 e. The third-order valence-corrected chi connectivity index (χ3v) is 7.45. The van der Waals surface area contributed by atoms with Crippen molar-refractivity contribution in [2.45, 2.75) is 11.8 Å². The molecular weight excluding hydrogens is 440 g/mol. The summed E-state index contributed by atoms with van der Waals surface area (Å²) in [5.41, 5.74) is 3.30. The summed E-state index contributed by atoms with van der Waals surface area (Å²) < 4.78 is 35.6. The third kappa shape index (κ3) is 3.55. The van der Waals surface area contributed by atoms with E-state index in [1.807, 2.05) is 13.0 Å². The summed E-state index contributed by atoms with van der Waals surface area (Å²) in [5, 5.41) is 0.685. The number of nitrogens with zero attached hydrogens (tertiary/aromatic N) is 6. The quantitative estimate of drug-likeness (QED) is 0.432. The number of hydrogen-bond acceptors (Lipinski definition) is 6. The predicted octanol–water partition coefficient (Wildman–Crippen LogP) is 3.37. The maximum Gasteiger partial charge on any atom is 0.338 e. The van der Waals surface area contributed by atoms with Crippen molar-refractivity contribution < 1.29 is 13.2 Å². The van der Waals surface area contributed by atoms with Crippen molar-refractivity contribution in [1.29, 1.82) is 0 Å². The van der Waals surface area contributed by atoms with Gasteiger partial charge in [0.05, 0.1) is 35.4 Å². The van der Waals surface area contributed by atoms with Crippen LogP contribution in [0.4, 0.5) is 11.6 Å². The van der Waals surface area contributed by atoms with Crippen LogP contribution in [0.3, 0.4) is 0 Å². The first-order chi connectivity index (χ1) is 15.9. The van der Waals surface area contributed by atoms with Crippen molar-refractivity contribution in [2.24, 2.45) is 7.05 Å². The number of aromatic nitrogens is 4. The molecular formula is C23H22N6O3S. The summed E-state index contributed by atoms with van der Waals surface area (Å²) in [6.45, 7) is 11.8. The molecule has 1 aliphatic heterocycles. The fourth-order valence-corrected chi connectivity index (χ4v) is 5.39. The molecule has 0 N–H and O–H groups in total. The monoisotopic (exact) mass is 462 g/mol. The second-order valence-electron chi connectivity index (χ2n) is 7.93. The first kappa shape index (κ1) is 21.2. The Hall–Kier alpha value is -3.68. The molecule has 1 saturated heterocycles. The lowest BCUT2D eigenvalue weighted by atomic mass is 10.1. The Morgan fingerprint density at radius 1 is 1.09 bits per heavy atom. The Kier molecular flexibility index (Phi) is 5.15. The fraction of sp³-hybridized carbons (Fsp3) is 0.261. The zero-order valence-corrected chi connectivity index (χ0v) is 19.1. The molecule has 0 bridgehead atoms. The summed E-state index contributed by atoms with van der Waals surface area (Å²) in [6, 6.07) is 8.62. The van der Waals surface area contributed by atoms with Crippen LogP contribution in [-0.4, -0.2) is 53.2 Å². The molecule has 1 fully saturated rings. The molecule has 0 amide bonds. The normalized spacial score (nSPS) is 14.5. The van der Waals surface area contributed by atoms with Crippen molar-refractivity contribution in [3.8, 4) is 11.3 Å². The van der Waals surface area contributed by atoms with Gasteiger partial charge < -0.3 is 19.0 Å². The van der Waals surface area contributed by atoms with E-state index in [4.69, 9.17) is 11.3 Å². The van der Waals surface area contributed by atoms with E-state index in [2.05, 4.69) is 19.7 Å². The maximum atomic E-state index is 13.6. The van der Waals surface area contributed by atoms with E-state index in [1.165, 1.54) is 3.97 Å². The molecule has 4 heterocycles. The summed E-state index contributed by atoms with van der Waals surface area (Å²) in [6.07, 6.45) is 4.93. The summed E-state index contributed by atoms with van der Waals surface area (Å²) in [7, 11) is -2.17. The highest BCUT2D eigenvalue weighted by Crippen LogP contribution is 2.38. The van der Waals surface area contributed by atoms with Crippen LogP contribution in [0.15, 0.2) is 53.8 Å². The van der Waals surface area contributed by atoms with E-state index in [9.17, 15) is 8.42 Å². The first-order valence-corrected chi connectivity index (χ1v) is 11.9. The second kappa shape index (κ2) is 8.03. The van der Waals surface area contributed by atoms with Crippen molar-refractivity contribution in [2.75, 3.05) is 31.2 Å². The van der Waals surface area contributed by atoms with Gasteiger partial charge in [-0.2, -0.15) is 0 Å². The molecule has 3 aromatic heterocycles. The molecule has 0 unspecified atom stereocenters. The van der Waals surface area contributed by atoms with Crippen LogP contribution in [0.5, 0.6) is 0 Å². The number of rotatable bonds is 4. The van der Waals surface area contributed by atoms with Gasteiger partial charge in [0, 0.05) is 38.1 Å². The van der Waals surface area contributed by atoms with E-state index >= 15 is 0 Å². The van der Waals surface area contributed by atoms with Crippen LogP contribution in [0, 0.1) is 13.5 Å². The lowest BCUT2D eigenvalue weighted by molar-refractivity contribution is 0.123. The highest BCUT2D eigenvalue weighted by Gasteiger charge is 2.28. The van der Waals surface area contributed by atoms with Crippen LogP contribution in [0.2, 0.25) is 0 Å². The Labute approximate surface area is 191 Å². The van der Waals surface area contributed by atoms with E-state index < -0.39 is 10.0 Å². The molecule has 5 rings (SSSR count). The number of imidazole rings is 1. The number of benzene rings is 1. The van der Waals surface area contributed by atoms with Gasteiger partial charge >= 0.3 is 5.95 Å². The van der Waals surface area contributed by atoms with Gasteiger partial charge in [-0.3, -0.25) is 0 Å². The first-order valence-electron chi connectivity index (χ1n) is 10.5. The number of morpholine rings is 1. The van der Waals surface area contributed by atoms with E-state index in [1.54, 1.807) is 54.5 Å². The van der Waals surface area contributed by atoms with Crippen LogP contribution in [0.25, 0.3) is 27.1 Å². The van der Waals surface area contributed by atoms with Crippen molar-refractivity contribution in [3.63, 3.8) is 0 Å². The molecule has 0 aliphatic carbocycles. The SMILES string of the molecule is [C-]#[N+]c1nc(-c2cn(S(=O)(=O)c3ccc(C)cc3)c3nccc(N4CCOCC4)c23)cn1C. The van der Waals surface area contributed by atoms with E-state index in [0.717, 1.165) is 11.3 Å². The summed E-state index contributed by atoms with van der Waals surface area (Å²) in [4.78, 5) is 14.7. The van der Waals surface area contributed by atoms with Crippen LogP contribution < -0.4 is 4.90 Å². The number of hydrogen-bond donors (Lipinski definition) is 0. The topological polar surface area (TPSA) is 86.6 Å². The molecule has 33 heavy (non-hydrogen) atoms. The van der Waals surface area contributed by atoms with Crippen LogP contribution in [0.1, 0.15) is 5.56 Å². The average molecular weight is 463 g/mol. The second-order valence-corrected chi connectivity index (χ2v) is 9.75. The number of ether oxygens (including phenoxy) is 1. The van der Waals surface area contributed by atoms with Gasteiger partial charge in [-0.05, 0) is 25.1 Å². The molecule has 9 nitrogen and oxygen atoms in total. The average Bonchev–Trinajstić information content (AvgIpc) is 3.40. The Morgan fingerprint density at radius 2 is 1.82 bits per heavy atom. The van der Waals surface area contributed by atoms with E-state index in [0.29, 0.717) is 48.6 Å². The van der Waals surface area contributed by atoms with Gasteiger partial charge in [0.25, 0.3) is 10.0 Å². The van der Waals surface area contributed by atoms with Crippen LogP contribution >= 0.6 is 0 Å². The fourth-order valence-electron chi connectivity index (χ4n) is 4.07. The molecule has 4 aromatic rings. The molecule has 0 atom stereocenters. The summed E-state index contributed by atoms with van der Waals surface area (Å²) in [5.74, 6) is 0.226. The van der Waals surface area contributed by atoms with Gasteiger partial charge in [-0.15, -0.1) is 11.6 Å². The molecule has 0 saturated carbocycles. The number of fused-ring (bicyclic) bond motifs is 1. The zero-order chi connectivity index (χ0) is 23.2. The molecule has 1 aromatic carbocycles. The minimum atomic E-state index is -3.91. The van der Waals surface area contributed by atoms with E-state index in [-0.39, 0.29) is 10.8 Å². The molecule has 10 heteroatoms. The standard InChI is InChI=1S/C23H22N6O3S/c1-16-4-6-17(7-5-16)33(30,31)29-14-18(19-15-27(3)23(24-2)26-19)21-20(8-9-25-22(21)29)28-10-12-32-13-11-28/h4-9,14-15H,10-13H2,1,3H3. The molecule has 0 radical (unpaired) electrons. The third-order valence-electron chi connectivity index (χ3n) is 5.79. The van der Waals surface area contributed by atoms with Gasteiger partial charge in [-0.25, -0.2) is 17.4 Å². The number of aryl methyl sites for hydroxylation is 2. The Bertz CT molecular complexity index is 1490. The van der Waals surface area contributed by atoms with Crippen molar-refractivity contribution >= 4 is 32.7 Å². The molecule has 1 aliphatic rings. The summed E-state index contributed by atoms with van der Waals surface area (Å²) >= 11 is 0. The Balaban J connectivity index is 1.79. The minimum Gasteiger partial charge on any atom is -0.397 e. The Morgan fingerprint density at radius 3 is 2.48 bits per heavy atom. The van der Waals surface area contributed by atoms with Crippen molar-refractivity contribution in [3.05, 3.63) is 65.9 Å². The zero-order valence-electron chi connectivity index (χ0n) is 18.3.